The van der Waals surface area contributed by atoms with E-state index in [1.165, 1.54) is 0 Å². The highest BCUT2D eigenvalue weighted by atomic mass is 35.5. The average molecular weight is 343 g/mol. The highest BCUT2D eigenvalue weighted by molar-refractivity contribution is 7.14. The Morgan fingerprint density at radius 3 is 2.87 bits per heavy atom. The van der Waals surface area contributed by atoms with E-state index in [0.717, 1.165) is 27.5 Å². The Labute approximate surface area is 141 Å². The Balaban J connectivity index is 1.74. The van der Waals surface area contributed by atoms with Gasteiger partial charge < -0.3 is 10.6 Å². The number of thiophene rings is 1. The predicted octanol–water partition coefficient (Wildman–Crippen LogP) is 4.10. The first kappa shape index (κ1) is 14.2. The van der Waals surface area contributed by atoms with E-state index in [0.29, 0.717) is 11.0 Å². The average Bonchev–Trinajstić information content (AvgIpc) is 2.94. The molecule has 7 heteroatoms. The van der Waals surface area contributed by atoms with Gasteiger partial charge in [0.25, 0.3) is 0 Å². The molecule has 0 fully saturated rings. The predicted molar refractivity (Wildman–Crippen MR) is 92.4 cm³/mol. The zero-order valence-electron chi connectivity index (χ0n) is 11.8. The molecule has 0 saturated heterocycles. The maximum absolute atomic E-state index is 11.9. The summed E-state index contributed by atoms with van der Waals surface area (Å²) in [6.45, 7) is 0. The highest BCUT2D eigenvalue weighted by Crippen LogP contribution is 2.37. The second-order valence-corrected chi connectivity index (χ2v) is 6.44. The van der Waals surface area contributed by atoms with E-state index in [2.05, 4.69) is 20.6 Å². The van der Waals surface area contributed by atoms with Crippen LogP contribution in [0.2, 0.25) is 5.02 Å². The van der Waals surface area contributed by atoms with Crippen molar-refractivity contribution in [3.05, 3.63) is 52.5 Å². The maximum Gasteiger partial charge on any atom is 0.228 e. The van der Waals surface area contributed by atoms with Crippen molar-refractivity contribution in [2.45, 2.75) is 6.42 Å². The molecule has 4 rings (SSSR count). The third-order valence-electron chi connectivity index (χ3n) is 3.47. The SMILES string of the molecule is O=C1Cc2cnc(Nc3ccc(Cl)cc3)nc2-c2sccc2N1. The van der Waals surface area contributed by atoms with Crippen LogP contribution in [0.4, 0.5) is 17.3 Å². The zero-order chi connectivity index (χ0) is 15.8. The molecule has 1 aromatic carbocycles. The van der Waals surface area contributed by atoms with Gasteiger partial charge >= 0.3 is 0 Å². The van der Waals surface area contributed by atoms with Crippen molar-refractivity contribution in [2.75, 3.05) is 10.6 Å². The summed E-state index contributed by atoms with van der Waals surface area (Å²) < 4.78 is 0. The first-order valence-electron chi connectivity index (χ1n) is 6.95. The molecule has 3 aromatic rings. The Hall–Kier alpha value is -2.44. The summed E-state index contributed by atoms with van der Waals surface area (Å²) in [5.41, 5.74) is 3.27. The van der Waals surface area contributed by atoms with Crippen LogP contribution in [0.1, 0.15) is 5.56 Å². The Morgan fingerprint density at radius 1 is 1.22 bits per heavy atom. The molecule has 23 heavy (non-hydrogen) atoms. The van der Waals surface area contributed by atoms with E-state index in [-0.39, 0.29) is 12.3 Å². The standard InChI is InChI=1S/C16H11ClN4OS/c17-10-1-3-11(4-2-10)19-16-18-8-9-7-13(22)20-12-5-6-23-15(12)14(9)21-16/h1-6,8H,7H2,(H,20,22)(H,18,19,21). The quantitative estimate of drug-likeness (QED) is 0.736. The molecule has 1 amide bonds. The molecule has 1 aliphatic rings. The summed E-state index contributed by atoms with van der Waals surface area (Å²) in [5.74, 6) is 0.435. The van der Waals surface area contributed by atoms with Gasteiger partial charge in [-0.3, -0.25) is 4.79 Å². The second kappa shape index (κ2) is 5.64. The lowest BCUT2D eigenvalue weighted by molar-refractivity contribution is -0.115. The van der Waals surface area contributed by atoms with E-state index >= 15 is 0 Å². The van der Waals surface area contributed by atoms with Gasteiger partial charge in [-0.1, -0.05) is 11.6 Å². The van der Waals surface area contributed by atoms with Crippen LogP contribution < -0.4 is 10.6 Å². The summed E-state index contributed by atoms with van der Waals surface area (Å²) in [7, 11) is 0. The van der Waals surface area contributed by atoms with Gasteiger partial charge in [-0.05, 0) is 35.7 Å². The number of rotatable bonds is 2. The van der Waals surface area contributed by atoms with Gasteiger partial charge in [0.2, 0.25) is 11.9 Å². The zero-order valence-corrected chi connectivity index (χ0v) is 13.4. The van der Waals surface area contributed by atoms with Crippen LogP contribution in [0.15, 0.2) is 41.9 Å². The minimum Gasteiger partial charge on any atom is -0.324 e. The van der Waals surface area contributed by atoms with E-state index in [9.17, 15) is 4.79 Å². The fraction of sp³-hybridized carbons (Fsp3) is 0.0625. The maximum atomic E-state index is 11.9. The fourth-order valence-corrected chi connectivity index (χ4v) is 3.41. The highest BCUT2D eigenvalue weighted by Gasteiger charge is 2.21. The molecule has 2 N–H and O–H groups in total. The fourth-order valence-electron chi connectivity index (χ4n) is 2.41. The van der Waals surface area contributed by atoms with Gasteiger partial charge in [0, 0.05) is 22.5 Å². The van der Waals surface area contributed by atoms with Crippen molar-refractivity contribution in [1.82, 2.24) is 9.97 Å². The van der Waals surface area contributed by atoms with Crippen molar-refractivity contribution < 1.29 is 4.79 Å². The van der Waals surface area contributed by atoms with Crippen LogP contribution >= 0.6 is 22.9 Å². The van der Waals surface area contributed by atoms with E-state index in [1.54, 1.807) is 29.7 Å². The number of hydrogen-bond donors (Lipinski definition) is 2. The van der Waals surface area contributed by atoms with E-state index in [4.69, 9.17) is 11.6 Å². The second-order valence-electron chi connectivity index (χ2n) is 5.09. The van der Waals surface area contributed by atoms with Crippen LogP contribution in [0.3, 0.4) is 0 Å². The first-order chi connectivity index (χ1) is 11.2. The van der Waals surface area contributed by atoms with Crippen LogP contribution in [0, 0.1) is 0 Å². The molecule has 0 atom stereocenters. The summed E-state index contributed by atoms with van der Waals surface area (Å²) in [6.07, 6.45) is 1.98. The normalized spacial score (nSPS) is 12.8. The molecule has 0 saturated carbocycles. The number of carbonyl (C=O) groups excluding carboxylic acids is 1. The monoisotopic (exact) mass is 342 g/mol. The van der Waals surface area contributed by atoms with Crippen LogP contribution in [0.5, 0.6) is 0 Å². The number of nitrogens with zero attached hydrogens (tertiary/aromatic N) is 2. The molecular formula is C16H11ClN4OS. The number of fused-ring (bicyclic) bond motifs is 3. The van der Waals surface area contributed by atoms with Gasteiger partial charge in [-0.25, -0.2) is 9.97 Å². The number of hydrogen-bond acceptors (Lipinski definition) is 5. The lowest BCUT2D eigenvalue weighted by atomic mass is 10.1. The largest absolute Gasteiger partial charge is 0.324 e. The topological polar surface area (TPSA) is 66.9 Å². The minimum atomic E-state index is -0.0505. The smallest absolute Gasteiger partial charge is 0.228 e. The van der Waals surface area contributed by atoms with Crippen LogP contribution in [0.25, 0.3) is 10.6 Å². The molecule has 0 aliphatic carbocycles. The third-order valence-corrected chi connectivity index (χ3v) is 4.64. The molecule has 2 aromatic heterocycles. The number of carbonyl (C=O) groups is 1. The minimum absolute atomic E-state index is 0.0505. The summed E-state index contributed by atoms with van der Waals surface area (Å²) in [4.78, 5) is 21.8. The molecule has 114 valence electrons. The number of anilines is 3. The Bertz CT molecular complexity index is 891. The van der Waals surface area contributed by atoms with Crippen LogP contribution in [-0.4, -0.2) is 15.9 Å². The number of aromatic nitrogens is 2. The number of nitrogens with one attached hydrogen (secondary N) is 2. The third kappa shape index (κ3) is 2.78. The van der Waals surface area contributed by atoms with Crippen molar-refractivity contribution in [3.8, 4) is 10.6 Å². The van der Waals surface area contributed by atoms with Crippen molar-refractivity contribution in [2.24, 2.45) is 0 Å². The van der Waals surface area contributed by atoms with E-state index < -0.39 is 0 Å². The summed E-state index contributed by atoms with van der Waals surface area (Å²) >= 11 is 7.44. The van der Waals surface area contributed by atoms with Gasteiger partial charge in [0.1, 0.15) is 0 Å². The molecule has 5 nitrogen and oxygen atoms in total. The van der Waals surface area contributed by atoms with Gasteiger partial charge in [0.15, 0.2) is 0 Å². The van der Waals surface area contributed by atoms with Crippen LogP contribution in [-0.2, 0) is 11.2 Å². The number of benzene rings is 1. The Kier molecular flexibility index (Phi) is 3.48. The molecule has 3 heterocycles. The molecule has 0 radical (unpaired) electrons. The number of halogens is 1. The Morgan fingerprint density at radius 2 is 2.04 bits per heavy atom. The molecule has 0 bridgehead atoms. The molecular weight excluding hydrogens is 332 g/mol. The summed E-state index contributed by atoms with van der Waals surface area (Å²) in [5, 5.41) is 8.66. The van der Waals surface area contributed by atoms with Gasteiger partial charge in [-0.15, -0.1) is 11.3 Å². The lowest BCUT2D eigenvalue weighted by Crippen LogP contribution is -2.12. The molecule has 0 unspecified atom stereocenters. The van der Waals surface area contributed by atoms with E-state index in [1.807, 2.05) is 23.6 Å². The molecule has 0 spiro atoms. The van der Waals surface area contributed by atoms with Crippen molar-refractivity contribution >= 4 is 46.2 Å². The molecule has 1 aliphatic heterocycles. The van der Waals surface area contributed by atoms with Gasteiger partial charge in [-0.2, -0.15) is 0 Å². The first-order valence-corrected chi connectivity index (χ1v) is 8.21. The summed E-state index contributed by atoms with van der Waals surface area (Å²) in [6, 6.07) is 9.21. The number of amides is 1. The van der Waals surface area contributed by atoms with Crippen molar-refractivity contribution in [3.63, 3.8) is 0 Å². The lowest BCUT2D eigenvalue weighted by Gasteiger charge is -2.08. The van der Waals surface area contributed by atoms with Gasteiger partial charge in [0.05, 0.1) is 22.7 Å². The van der Waals surface area contributed by atoms with Crippen molar-refractivity contribution in [1.29, 1.82) is 0 Å².